The van der Waals surface area contributed by atoms with E-state index < -0.39 is 5.82 Å². The van der Waals surface area contributed by atoms with Gasteiger partial charge in [-0.3, -0.25) is 10.2 Å². The number of nitrogens with one attached hydrogen (secondary N) is 2. The van der Waals surface area contributed by atoms with Crippen molar-refractivity contribution in [3.63, 3.8) is 0 Å². The number of benzene rings is 1. The minimum Gasteiger partial charge on any atom is -0.335 e. The molecule has 1 amide bonds. The Morgan fingerprint density at radius 3 is 2.78 bits per heavy atom. The molecule has 1 aromatic rings. The highest BCUT2D eigenvalue weighted by Gasteiger charge is 2.20. The van der Waals surface area contributed by atoms with Gasteiger partial charge >= 0.3 is 0 Å². The molecule has 1 saturated heterocycles. The third-order valence-corrected chi connectivity index (χ3v) is 3.74. The van der Waals surface area contributed by atoms with E-state index in [1.54, 1.807) is 6.07 Å². The van der Waals surface area contributed by atoms with E-state index in [4.69, 9.17) is 0 Å². The van der Waals surface area contributed by atoms with Gasteiger partial charge in [0.2, 0.25) is 0 Å². The van der Waals surface area contributed by atoms with Crippen LogP contribution in [0, 0.1) is 5.82 Å². The first kappa shape index (κ1) is 13.5. The summed E-state index contributed by atoms with van der Waals surface area (Å²) >= 11 is 3.26. The molecule has 1 aromatic carbocycles. The third kappa shape index (κ3) is 3.28. The molecule has 1 aliphatic rings. The Hall–Kier alpha value is -0.980. The summed E-state index contributed by atoms with van der Waals surface area (Å²) in [7, 11) is 2.13. The zero-order valence-corrected chi connectivity index (χ0v) is 11.8. The van der Waals surface area contributed by atoms with E-state index in [0.29, 0.717) is 10.0 Å². The van der Waals surface area contributed by atoms with Crippen molar-refractivity contribution in [3.8, 4) is 0 Å². The lowest BCUT2D eigenvalue weighted by molar-refractivity contribution is -0.884. The molecule has 0 radical (unpaired) electrons. The van der Waals surface area contributed by atoms with Crippen LogP contribution in [0.15, 0.2) is 22.7 Å². The predicted molar refractivity (Wildman–Crippen MR) is 69.8 cm³/mol. The van der Waals surface area contributed by atoms with Crippen LogP contribution in [-0.4, -0.2) is 44.1 Å². The van der Waals surface area contributed by atoms with Crippen LogP contribution < -0.4 is 10.3 Å². The van der Waals surface area contributed by atoms with E-state index in [-0.39, 0.29) is 5.91 Å². The second kappa shape index (κ2) is 5.77. The predicted octanol–water partition coefficient (Wildman–Crippen LogP) is 0.0633. The van der Waals surface area contributed by atoms with Gasteiger partial charge in [0.1, 0.15) is 5.82 Å². The molecule has 98 valence electrons. The topological polar surface area (TPSA) is 36.8 Å². The Bertz CT molecular complexity index is 447. The molecule has 1 heterocycles. The molecule has 18 heavy (non-hydrogen) atoms. The van der Waals surface area contributed by atoms with Crippen LogP contribution in [0.25, 0.3) is 0 Å². The summed E-state index contributed by atoms with van der Waals surface area (Å²) in [5.74, 6) is -0.688. The number of carbonyl (C=O) groups is 1. The monoisotopic (exact) mass is 316 g/mol. The summed E-state index contributed by atoms with van der Waals surface area (Å²) in [4.78, 5) is 13.5. The van der Waals surface area contributed by atoms with Crippen LogP contribution in [-0.2, 0) is 0 Å². The van der Waals surface area contributed by atoms with E-state index in [1.165, 1.54) is 17.0 Å². The fraction of sp³-hybridized carbons (Fsp3) is 0.417. The zero-order chi connectivity index (χ0) is 13.1. The summed E-state index contributed by atoms with van der Waals surface area (Å²) in [6.45, 7) is 3.60. The van der Waals surface area contributed by atoms with Gasteiger partial charge < -0.3 is 4.90 Å². The number of amides is 1. The number of piperazine rings is 1. The van der Waals surface area contributed by atoms with Crippen molar-refractivity contribution < 1.29 is 14.1 Å². The number of quaternary nitrogens is 1. The van der Waals surface area contributed by atoms with Crippen LogP contribution in [0.2, 0.25) is 0 Å². The lowest BCUT2D eigenvalue weighted by Crippen LogP contribution is -3.12. The summed E-state index contributed by atoms with van der Waals surface area (Å²) in [6, 6.07) is 4.10. The van der Waals surface area contributed by atoms with Crippen molar-refractivity contribution in [1.29, 1.82) is 0 Å². The maximum atomic E-state index is 13.1. The number of hydrazine groups is 1. The molecule has 0 aromatic heterocycles. The number of rotatable bonds is 2. The summed E-state index contributed by atoms with van der Waals surface area (Å²) in [5, 5.41) is 1.88. The number of nitrogens with zero attached hydrogens (tertiary/aromatic N) is 1. The zero-order valence-electron chi connectivity index (χ0n) is 10.2. The molecule has 0 unspecified atom stereocenters. The number of halogens is 2. The number of likely N-dealkylation sites (N-methyl/N-ethyl adjacent to an activating group) is 1. The normalized spacial score (nSPS) is 17.7. The smallest absolute Gasteiger partial charge is 0.266 e. The van der Waals surface area contributed by atoms with Crippen molar-refractivity contribution in [1.82, 2.24) is 10.4 Å². The van der Waals surface area contributed by atoms with Crippen molar-refractivity contribution >= 4 is 21.8 Å². The molecule has 0 aliphatic carbocycles. The number of hydrogen-bond acceptors (Lipinski definition) is 2. The van der Waals surface area contributed by atoms with E-state index in [0.717, 1.165) is 26.2 Å². The highest BCUT2D eigenvalue weighted by atomic mass is 79.9. The minimum absolute atomic E-state index is 0.277. The highest BCUT2D eigenvalue weighted by Crippen LogP contribution is 2.17. The standard InChI is InChI=1S/C12H15BrFN3O/c1-16-4-6-17(7-5-16)15-12(18)10-8-9(14)2-3-11(10)13/h2-3,8H,4-7H2,1H3,(H,15,18)/p+1. The molecule has 2 rings (SSSR count). The molecule has 4 nitrogen and oxygen atoms in total. The minimum atomic E-state index is -0.411. The molecular formula is C12H16BrFN3O+. The Labute approximate surface area is 114 Å². The van der Waals surface area contributed by atoms with Crippen LogP contribution in [0.4, 0.5) is 4.39 Å². The molecule has 0 saturated carbocycles. The van der Waals surface area contributed by atoms with Crippen molar-refractivity contribution in [2.75, 3.05) is 33.2 Å². The van der Waals surface area contributed by atoms with E-state index in [2.05, 4.69) is 28.4 Å². The fourth-order valence-corrected chi connectivity index (χ4v) is 2.30. The van der Waals surface area contributed by atoms with E-state index in [1.807, 2.05) is 5.01 Å². The van der Waals surface area contributed by atoms with E-state index >= 15 is 0 Å². The van der Waals surface area contributed by atoms with Crippen molar-refractivity contribution in [3.05, 3.63) is 34.1 Å². The first-order valence-electron chi connectivity index (χ1n) is 5.88. The van der Waals surface area contributed by atoms with Gasteiger partial charge in [-0.25, -0.2) is 9.40 Å². The molecule has 1 fully saturated rings. The molecule has 0 bridgehead atoms. The lowest BCUT2D eigenvalue weighted by Gasteiger charge is -2.30. The second-order valence-corrected chi connectivity index (χ2v) is 5.36. The Balaban J connectivity index is 2.01. The molecule has 0 atom stereocenters. The van der Waals surface area contributed by atoms with Gasteiger partial charge in [0.05, 0.1) is 38.8 Å². The van der Waals surface area contributed by atoms with Crippen LogP contribution >= 0.6 is 15.9 Å². The third-order valence-electron chi connectivity index (χ3n) is 3.05. The van der Waals surface area contributed by atoms with E-state index in [9.17, 15) is 9.18 Å². The van der Waals surface area contributed by atoms with Gasteiger partial charge in [0.15, 0.2) is 0 Å². The SMILES string of the molecule is C[NH+]1CCN(NC(=O)c2cc(F)ccc2Br)CC1. The maximum Gasteiger partial charge on any atom is 0.266 e. The van der Waals surface area contributed by atoms with Crippen molar-refractivity contribution in [2.45, 2.75) is 0 Å². The summed E-state index contributed by atoms with van der Waals surface area (Å²) in [5.41, 5.74) is 3.13. The van der Waals surface area contributed by atoms with Gasteiger partial charge in [-0.15, -0.1) is 0 Å². The van der Waals surface area contributed by atoms with Crippen LogP contribution in [0.1, 0.15) is 10.4 Å². The average molecular weight is 317 g/mol. The first-order valence-corrected chi connectivity index (χ1v) is 6.68. The van der Waals surface area contributed by atoms with Crippen molar-refractivity contribution in [2.24, 2.45) is 0 Å². The Morgan fingerprint density at radius 1 is 1.44 bits per heavy atom. The second-order valence-electron chi connectivity index (χ2n) is 4.51. The summed E-state index contributed by atoms with van der Waals surface area (Å²) in [6.07, 6.45) is 0. The van der Waals surface area contributed by atoms with Gasteiger partial charge in [-0.1, -0.05) is 0 Å². The molecule has 6 heteroatoms. The van der Waals surface area contributed by atoms with Gasteiger partial charge in [-0.05, 0) is 34.1 Å². The fourth-order valence-electron chi connectivity index (χ4n) is 1.88. The summed E-state index contributed by atoms with van der Waals surface area (Å²) < 4.78 is 13.7. The van der Waals surface area contributed by atoms with Gasteiger partial charge in [-0.2, -0.15) is 0 Å². The largest absolute Gasteiger partial charge is 0.335 e. The maximum absolute atomic E-state index is 13.1. The van der Waals surface area contributed by atoms with Crippen LogP contribution in [0.5, 0.6) is 0 Å². The van der Waals surface area contributed by atoms with Gasteiger partial charge in [0, 0.05) is 4.47 Å². The molecular weight excluding hydrogens is 301 g/mol. The molecule has 1 aliphatic heterocycles. The molecule has 2 N–H and O–H groups in total. The average Bonchev–Trinajstić information content (AvgIpc) is 2.35. The Kier molecular flexibility index (Phi) is 4.31. The Morgan fingerprint density at radius 2 is 2.11 bits per heavy atom. The first-order chi connectivity index (χ1) is 8.56. The quantitative estimate of drug-likeness (QED) is 0.810. The van der Waals surface area contributed by atoms with Gasteiger partial charge in [0.25, 0.3) is 5.91 Å². The van der Waals surface area contributed by atoms with Crippen LogP contribution in [0.3, 0.4) is 0 Å². The molecule has 0 spiro atoms. The number of carbonyl (C=O) groups excluding carboxylic acids is 1. The highest BCUT2D eigenvalue weighted by molar-refractivity contribution is 9.10. The lowest BCUT2D eigenvalue weighted by atomic mass is 10.2. The number of hydrogen-bond donors (Lipinski definition) is 2.